The van der Waals surface area contributed by atoms with E-state index < -0.39 is 7.26 Å². The second-order valence-electron chi connectivity index (χ2n) is 4.65. The quantitative estimate of drug-likeness (QED) is 0.693. The summed E-state index contributed by atoms with van der Waals surface area (Å²) in [7, 11) is -1.58. The third-order valence-electron chi connectivity index (χ3n) is 3.09. The van der Waals surface area contributed by atoms with Crippen LogP contribution in [0.3, 0.4) is 0 Å². The van der Waals surface area contributed by atoms with Crippen LogP contribution in [-0.2, 0) is 0 Å². The van der Waals surface area contributed by atoms with E-state index in [1.54, 1.807) is 0 Å². The molecule has 0 radical (unpaired) electrons. The summed E-state index contributed by atoms with van der Waals surface area (Å²) in [6.07, 6.45) is 0. The molecular formula is C14H15Br2P. The summed E-state index contributed by atoms with van der Waals surface area (Å²) >= 11 is 7.11. The average molecular weight is 374 g/mol. The number of hydrogen-bond acceptors (Lipinski definition) is 0. The molecule has 0 aliphatic heterocycles. The monoisotopic (exact) mass is 372 g/mol. The normalized spacial score (nSPS) is 12.5. The maximum absolute atomic E-state index is 3.55. The molecule has 0 aromatic heterocycles. The van der Waals surface area contributed by atoms with Gasteiger partial charge in [-0.25, -0.2) is 0 Å². The summed E-state index contributed by atoms with van der Waals surface area (Å²) in [5, 5.41) is 2.90. The zero-order chi connectivity index (χ0) is 12.5. The standard InChI is InChI=1S/C14H15Br2P/c1-17(2,13-7-3-5-11(15)9-13)14-8-4-6-12(16)10-14/h3-10,17H,1-2H3. The fraction of sp³-hybridized carbons (Fsp3) is 0.143. The molecule has 2 aromatic carbocycles. The molecule has 0 saturated heterocycles. The van der Waals surface area contributed by atoms with Gasteiger partial charge in [0.15, 0.2) is 0 Å². The van der Waals surface area contributed by atoms with Crippen LogP contribution >= 0.6 is 39.1 Å². The predicted molar refractivity (Wildman–Crippen MR) is 87.7 cm³/mol. The number of rotatable bonds is 2. The molecule has 0 bridgehead atoms. The Kier molecular flexibility index (Phi) is 4.07. The van der Waals surface area contributed by atoms with E-state index in [-0.39, 0.29) is 0 Å². The van der Waals surface area contributed by atoms with Gasteiger partial charge in [-0.1, -0.05) is 0 Å². The average Bonchev–Trinajstić information content (AvgIpc) is 2.29. The fourth-order valence-electron chi connectivity index (χ4n) is 1.92. The summed E-state index contributed by atoms with van der Waals surface area (Å²) in [5.74, 6) is 0. The van der Waals surface area contributed by atoms with Gasteiger partial charge in [0, 0.05) is 0 Å². The maximum atomic E-state index is 3.55. The Bertz CT molecular complexity index is 488. The van der Waals surface area contributed by atoms with Gasteiger partial charge in [-0.15, -0.1) is 0 Å². The van der Waals surface area contributed by atoms with Crippen molar-refractivity contribution in [1.82, 2.24) is 0 Å². The Morgan fingerprint density at radius 2 is 1.18 bits per heavy atom. The van der Waals surface area contributed by atoms with Crippen LogP contribution < -0.4 is 10.6 Å². The van der Waals surface area contributed by atoms with Crippen molar-refractivity contribution < 1.29 is 0 Å². The van der Waals surface area contributed by atoms with Crippen LogP contribution in [-0.4, -0.2) is 13.3 Å². The molecule has 0 heterocycles. The number of hydrogen-bond donors (Lipinski definition) is 0. The van der Waals surface area contributed by atoms with Crippen molar-refractivity contribution in [3.63, 3.8) is 0 Å². The first-order valence-corrected chi connectivity index (χ1v) is 10.1. The van der Waals surface area contributed by atoms with Crippen LogP contribution in [0.5, 0.6) is 0 Å². The Hall–Kier alpha value is -0.170. The fourth-order valence-corrected chi connectivity index (χ4v) is 5.53. The minimum absolute atomic E-state index is 1.16. The van der Waals surface area contributed by atoms with Crippen molar-refractivity contribution in [1.29, 1.82) is 0 Å². The van der Waals surface area contributed by atoms with Crippen molar-refractivity contribution in [2.45, 2.75) is 0 Å². The molecule has 0 N–H and O–H groups in total. The van der Waals surface area contributed by atoms with Crippen LogP contribution in [0, 0.1) is 0 Å². The molecule has 0 aliphatic rings. The van der Waals surface area contributed by atoms with Gasteiger partial charge in [0.05, 0.1) is 0 Å². The molecule has 0 saturated carbocycles. The molecule has 0 nitrogen and oxygen atoms in total. The molecule has 3 heteroatoms. The molecule has 90 valence electrons. The van der Waals surface area contributed by atoms with Gasteiger partial charge >= 0.3 is 121 Å². The van der Waals surface area contributed by atoms with Gasteiger partial charge in [-0.2, -0.15) is 0 Å². The van der Waals surface area contributed by atoms with E-state index in [1.165, 1.54) is 10.6 Å². The number of halogens is 2. The van der Waals surface area contributed by atoms with E-state index in [0.29, 0.717) is 0 Å². The predicted octanol–water partition coefficient (Wildman–Crippen LogP) is 4.17. The van der Waals surface area contributed by atoms with Crippen molar-refractivity contribution in [2.24, 2.45) is 0 Å². The molecule has 2 aromatic rings. The van der Waals surface area contributed by atoms with E-state index in [0.717, 1.165) is 8.95 Å². The molecule has 0 unspecified atom stereocenters. The Balaban J connectivity index is 2.49. The van der Waals surface area contributed by atoms with Crippen molar-refractivity contribution in [2.75, 3.05) is 13.3 Å². The first-order valence-electron chi connectivity index (χ1n) is 5.52. The summed E-state index contributed by atoms with van der Waals surface area (Å²) < 4.78 is 2.32. The molecule has 2 rings (SSSR count). The second-order valence-corrected chi connectivity index (χ2v) is 10.9. The number of benzene rings is 2. The van der Waals surface area contributed by atoms with Crippen molar-refractivity contribution in [3.8, 4) is 0 Å². The molecular weight excluding hydrogens is 359 g/mol. The molecule has 0 atom stereocenters. The van der Waals surface area contributed by atoms with E-state index in [4.69, 9.17) is 0 Å². The SMILES string of the molecule is C[PH](C)(c1cccc(Br)c1)c1cccc(Br)c1. The first-order chi connectivity index (χ1) is 8.00. The Morgan fingerprint density at radius 3 is 1.53 bits per heavy atom. The van der Waals surface area contributed by atoms with E-state index in [1.807, 2.05) is 0 Å². The van der Waals surface area contributed by atoms with Gasteiger partial charge < -0.3 is 0 Å². The van der Waals surface area contributed by atoms with Gasteiger partial charge in [-0.05, 0) is 0 Å². The molecule has 0 amide bonds. The third-order valence-corrected chi connectivity index (χ3v) is 7.59. The summed E-state index contributed by atoms with van der Waals surface area (Å²) in [6, 6.07) is 17.3. The van der Waals surface area contributed by atoms with E-state index >= 15 is 0 Å². The van der Waals surface area contributed by atoms with Crippen molar-refractivity contribution in [3.05, 3.63) is 57.5 Å². The first kappa shape index (κ1) is 13.3. The van der Waals surface area contributed by atoms with Crippen LogP contribution in [0.15, 0.2) is 57.5 Å². The van der Waals surface area contributed by atoms with E-state index in [9.17, 15) is 0 Å². The molecule has 17 heavy (non-hydrogen) atoms. The summed E-state index contributed by atoms with van der Waals surface area (Å²) in [4.78, 5) is 0. The Labute approximate surface area is 120 Å². The minimum atomic E-state index is -1.58. The van der Waals surface area contributed by atoms with Crippen LogP contribution in [0.1, 0.15) is 0 Å². The molecule has 0 spiro atoms. The van der Waals surface area contributed by atoms with Gasteiger partial charge in [0.2, 0.25) is 0 Å². The summed E-state index contributed by atoms with van der Waals surface area (Å²) in [6.45, 7) is 4.77. The van der Waals surface area contributed by atoms with Crippen LogP contribution in [0.2, 0.25) is 0 Å². The second kappa shape index (κ2) is 5.22. The van der Waals surface area contributed by atoms with Crippen molar-refractivity contribution >= 4 is 49.7 Å². The Morgan fingerprint density at radius 1 is 0.765 bits per heavy atom. The van der Waals surface area contributed by atoms with Gasteiger partial charge in [-0.3, -0.25) is 0 Å². The third kappa shape index (κ3) is 2.99. The van der Waals surface area contributed by atoms with Gasteiger partial charge in [0.1, 0.15) is 0 Å². The molecule has 0 aliphatic carbocycles. The summed E-state index contributed by atoms with van der Waals surface area (Å²) in [5.41, 5.74) is 0. The zero-order valence-electron chi connectivity index (χ0n) is 9.87. The topological polar surface area (TPSA) is 0 Å². The molecule has 0 fully saturated rings. The van der Waals surface area contributed by atoms with Crippen LogP contribution in [0.25, 0.3) is 0 Å². The van der Waals surface area contributed by atoms with Crippen LogP contribution in [0.4, 0.5) is 0 Å². The van der Waals surface area contributed by atoms with E-state index in [2.05, 4.69) is 93.7 Å². The zero-order valence-corrected chi connectivity index (χ0v) is 14.0. The van der Waals surface area contributed by atoms with Gasteiger partial charge in [0.25, 0.3) is 0 Å².